The molecule has 3 unspecified atom stereocenters. The van der Waals surface area contributed by atoms with Crippen molar-refractivity contribution in [2.75, 3.05) is 0 Å². The number of aliphatic carboxylic acids is 1. The van der Waals surface area contributed by atoms with E-state index < -0.39 is 12.1 Å². The predicted molar refractivity (Wildman–Crippen MR) is 68.1 cm³/mol. The lowest BCUT2D eigenvalue weighted by molar-refractivity contribution is -0.157. The first-order valence-corrected chi connectivity index (χ1v) is 7.05. The van der Waals surface area contributed by atoms with Crippen molar-refractivity contribution >= 4 is 5.97 Å². The van der Waals surface area contributed by atoms with Crippen molar-refractivity contribution in [3.05, 3.63) is 0 Å². The van der Waals surface area contributed by atoms with Gasteiger partial charge in [0.05, 0.1) is 6.10 Å². The number of carbonyl (C=O) groups is 1. The number of hydrogen-bond acceptors (Lipinski definition) is 2. The molecule has 100 valence electrons. The molecule has 1 aliphatic carbocycles. The molecule has 0 bridgehead atoms. The van der Waals surface area contributed by atoms with Crippen LogP contribution in [-0.4, -0.2) is 23.3 Å². The third-order valence-electron chi connectivity index (χ3n) is 3.76. The molecule has 0 aromatic rings. The maximum Gasteiger partial charge on any atom is 0.332 e. The molecule has 0 aromatic carbocycles. The zero-order valence-corrected chi connectivity index (χ0v) is 11.2. The van der Waals surface area contributed by atoms with Crippen LogP contribution in [0, 0.1) is 5.92 Å². The van der Waals surface area contributed by atoms with E-state index in [0.29, 0.717) is 6.42 Å². The summed E-state index contributed by atoms with van der Waals surface area (Å²) < 4.78 is 5.79. The van der Waals surface area contributed by atoms with E-state index in [1.807, 2.05) is 0 Å². The monoisotopic (exact) mass is 242 g/mol. The zero-order chi connectivity index (χ0) is 12.7. The SMILES string of the molecule is CCCCC(OC1CCCC(CC)C1)C(=O)O. The van der Waals surface area contributed by atoms with Gasteiger partial charge in [-0.15, -0.1) is 0 Å². The molecule has 0 aliphatic heterocycles. The second-order valence-electron chi connectivity index (χ2n) is 5.17. The molecule has 0 aromatic heterocycles. The van der Waals surface area contributed by atoms with Crippen LogP contribution in [0.3, 0.4) is 0 Å². The summed E-state index contributed by atoms with van der Waals surface area (Å²) in [5, 5.41) is 9.13. The summed E-state index contributed by atoms with van der Waals surface area (Å²) >= 11 is 0. The second kappa shape index (κ2) is 7.70. The van der Waals surface area contributed by atoms with Gasteiger partial charge in [0.15, 0.2) is 6.10 Å². The van der Waals surface area contributed by atoms with Gasteiger partial charge in [0, 0.05) is 0 Å². The van der Waals surface area contributed by atoms with Crippen LogP contribution < -0.4 is 0 Å². The largest absolute Gasteiger partial charge is 0.479 e. The van der Waals surface area contributed by atoms with Crippen molar-refractivity contribution in [2.45, 2.75) is 77.4 Å². The molecule has 17 heavy (non-hydrogen) atoms. The Morgan fingerprint density at radius 2 is 2.18 bits per heavy atom. The van der Waals surface area contributed by atoms with E-state index in [9.17, 15) is 4.79 Å². The summed E-state index contributed by atoms with van der Waals surface area (Å²) in [6, 6.07) is 0. The van der Waals surface area contributed by atoms with Gasteiger partial charge in [0.1, 0.15) is 0 Å². The molecule has 0 radical (unpaired) electrons. The van der Waals surface area contributed by atoms with Gasteiger partial charge in [-0.2, -0.15) is 0 Å². The summed E-state index contributed by atoms with van der Waals surface area (Å²) in [6.45, 7) is 4.28. The highest BCUT2D eigenvalue weighted by atomic mass is 16.5. The molecule has 3 heteroatoms. The molecule has 3 atom stereocenters. The third-order valence-corrected chi connectivity index (χ3v) is 3.76. The first-order chi connectivity index (χ1) is 8.17. The van der Waals surface area contributed by atoms with Crippen LogP contribution in [0.5, 0.6) is 0 Å². The summed E-state index contributed by atoms with van der Waals surface area (Å²) in [4.78, 5) is 11.1. The second-order valence-corrected chi connectivity index (χ2v) is 5.17. The van der Waals surface area contributed by atoms with E-state index in [-0.39, 0.29) is 6.10 Å². The van der Waals surface area contributed by atoms with Crippen molar-refractivity contribution in [1.29, 1.82) is 0 Å². The van der Waals surface area contributed by atoms with Crippen LogP contribution in [0.4, 0.5) is 0 Å². The Kier molecular flexibility index (Phi) is 6.56. The lowest BCUT2D eigenvalue weighted by atomic mass is 9.85. The van der Waals surface area contributed by atoms with Gasteiger partial charge in [-0.05, 0) is 25.2 Å². The highest BCUT2D eigenvalue weighted by Crippen LogP contribution is 2.29. The number of carboxylic acid groups (broad SMARTS) is 1. The molecule has 1 saturated carbocycles. The van der Waals surface area contributed by atoms with Gasteiger partial charge in [-0.3, -0.25) is 0 Å². The van der Waals surface area contributed by atoms with Crippen molar-refractivity contribution in [2.24, 2.45) is 5.92 Å². The summed E-state index contributed by atoms with van der Waals surface area (Å²) in [7, 11) is 0. The quantitative estimate of drug-likeness (QED) is 0.741. The topological polar surface area (TPSA) is 46.5 Å². The number of carboxylic acids is 1. The Morgan fingerprint density at radius 3 is 2.76 bits per heavy atom. The number of hydrogen-bond donors (Lipinski definition) is 1. The van der Waals surface area contributed by atoms with E-state index >= 15 is 0 Å². The van der Waals surface area contributed by atoms with Crippen LogP contribution in [-0.2, 0) is 9.53 Å². The predicted octanol–water partition coefficient (Wildman–Crippen LogP) is 3.62. The maximum absolute atomic E-state index is 11.1. The minimum atomic E-state index is -0.794. The Bertz CT molecular complexity index is 228. The van der Waals surface area contributed by atoms with E-state index in [2.05, 4.69) is 13.8 Å². The molecule has 0 saturated heterocycles. The molecule has 1 aliphatic rings. The van der Waals surface area contributed by atoms with Crippen molar-refractivity contribution in [1.82, 2.24) is 0 Å². The fourth-order valence-electron chi connectivity index (χ4n) is 2.61. The smallest absolute Gasteiger partial charge is 0.332 e. The molecule has 3 nitrogen and oxygen atoms in total. The zero-order valence-electron chi connectivity index (χ0n) is 11.2. The van der Waals surface area contributed by atoms with Crippen LogP contribution in [0.1, 0.15) is 65.2 Å². The van der Waals surface area contributed by atoms with E-state index in [1.165, 1.54) is 19.3 Å². The third kappa shape index (κ3) is 5.07. The van der Waals surface area contributed by atoms with Gasteiger partial charge < -0.3 is 9.84 Å². The number of rotatable bonds is 7. The molecular weight excluding hydrogens is 216 g/mol. The molecular formula is C14H26O3. The average Bonchev–Trinajstić information content (AvgIpc) is 2.34. The molecule has 0 spiro atoms. The van der Waals surface area contributed by atoms with Gasteiger partial charge in [-0.25, -0.2) is 4.79 Å². The van der Waals surface area contributed by atoms with Crippen LogP contribution in [0.25, 0.3) is 0 Å². The van der Waals surface area contributed by atoms with Gasteiger partial charge in [0.25, 0.3) is 0 Å². The molecule has 0 amide bonds. The minimum absolute atomic E-state index is 0.173. The van der Waals surface area contributed by atoms with Crippen molar-refractivity contribution in [3.63, 3.8) is 0 Å². The Balaban J connectivity index is 2.40. The highest BCUT2D eigenvalue weighted by molar-refractivity contribution is 5.72. The van der Waals surface area contributed by atoms with E-state index in [1.54, 1.807) is 0 Å². The van der Waals surface area contributed by atoms with Crippen LogP contribution >= 0.6 is 0 Å². The minimum Gasteiger partial charge on any atom is -0.479 e. The standard InChI is InChI=1S/C14H26O3/c1-3-5-9-13(14(15)16)17-12-8-6-7-11(4-2)10-12/h11-13H,3-10H2,1-2H3,(H,15,16). The maximum atomic E-state index is 11.1. The highest BCUT2D eigenvalue weighted by Gasteiger charge is 2.26. The Morgan fingerprint density at radius 1 is 1.41 bits per heavy atom. The Hall–Kier alpha value is -0.570. The van der Waals surface area contributed by atoms with Crippen molar-refractivity contribution < 1.29 is 14.6 Å². The normalized spacial score (nSPS) is 26.7. The number of ether oxygens (including phenoxy) is 1. The molecule has 0 heterocycles. The van der Waals surface area contributed by atoms with Crippen LogP contribution in [0.2, 0.25) is 0 Å². The van der Waals surface area contributed by atoms with Gasteiger partial charge >= 0.3 is 5.97 Å². The first kappa shape index (κ1) is 14.5. The molecule has 1 N–H and O–H groups in total. The van der Waals surface area contributed by atoms with Gasteiger partial charge in [0.2, 0.25) is 0 Å². The fraction of sp³-hybridized carbons (Fsp3) is 0.929. The average molecular weight is 242 g/mol. The lowest BCUT2D eigenvalue weighted by Gasteiger charge is -2.30. The first-order valence-electron chi connectivity index (χ1n) is 7.05. The van der Waals surface area contributed by atoms with Gasteiger partial charge in [-0.1, -0.05) is 46.0 Å². The fourth-order valence-corrected chi connectivity index (χ4v) is 2.61. The van der Waals surface area contributed by atoms with Crippen LogP contribution in [0.15, 0.2) is 0 Å². The molecule has 1 rings (SSSR count). The summed E-state index contributed by atoms with van der Waals surface area (Å²) in [5.74, 6) is -0.0635. The Labute approximate surface area is 105 Å². The van der Waals surface area contributed by atoms with E-state index in [4.69, 9.17) is 9.84 Å². The van der Waals surface area contributed by atoms with E-state index in [0.717, 1.165) is 31.6 Å². The lowest BCUT2D eigenvalue weighted by Crippen LogP contribution is -2.32. The number of unbranched alkanes of at least 4 members (excludes halogenated alkanes) is 1. The summed E-state index contributed by atoms with van der Waals surface area (Å²) in [5.41, 5.74) is 0. The summed E-state index contributed by atoms with van der Waals surface area (Å²) in [6.07, 6.45) is 7.93. The molecule has 1 fully saturated rings. The van der Waals surface area contributed by atoms with Crippen molar-refractivity contribution in [3.8, 4) is 0 Å².